The third-order valence-corrected chi connectivity index (χ3v) is 5.74. The predicted octanol–water partition coefficient (Wildman–Crippen LogP) is 5.40. The summed E-state index contributed by atoms with van der Waals surface area (Å²) < 4.78 is 1.21. The van der Waals surface area contributed by atoms with Crippen LogP contribution in [0.5, 0.6) is 5.75 Å². The second kappa shape index (κ2) is 5.61. The molecular formula is C21H15N3OS. The lowest BCUT2D eigenvalue weighted by molar-refractivity contribution is 0.477. The van der Waals surface area contributed by atoms with Crippen molar-refractivity contribution < 1.29 is 5.11 Å². The summed E-state index contributed by atoms with van der Waals surface area (Å²) in [6.07, 6.45) is 3.69. The Labute approximate surface area is 153 Å². The van der Waals surface area contributed by atoms with Gasteiger partial charge in [-0.15, -0.1) is 11.3 Å². The van der Waals surface area contributed by atoms with Crippen LogP contribution in [-0.2, 0) is 0 Å². The normalized spacial score (nSPS) is 11.4. The number of thiophene rings is 1. The van der Waals surface area contributed by atoms with Crippen molar-refractivity contribution in [1.82, 2.24) is 9.97 Å². The SMILES string of the molecule is Nc1cc2c(-c3ccc(O)c(-c4cc5ccccc5s4)c3)c[nH]c2cn1. The number of nitrogens with two attached hydrogens (primary N) is 1. The number of nitrogens with zero attached hydrogens (tertiary/aromatic N) is 1. The quantitative estimate of drug-likeness (QED) is 0.396. The van der Waals surface area contributed by atoms with Crippen LogP contribution >= 0.6 is 11.3 Å². The monoisotopic (exact) mass is 357 g/mol. The van der Waals surface area contributed by atoms with Crippen molar-refractivity contribution in [2.45, 2.75) is 0 Å². The second-order valence-corrected chi connectivity index (χ2v) is 7.32. The number of hydrogen-bond donors (Lipinski definition) is 3. The lowest BCUT2D eigenvalue weighted by Gasteiger charge is -2.06. The molecule has 5 heteroatoms. The van der Waals surface area contributed by atoms with Gasteiger partial charge < -0.3 is 15.8 Å². The van der Waals surface area contributed by atoms with Crippen LogP contribution < -0.4 is 5.73 Å². The maximum absolute atomic E-state index is 10.4. The average Bonchev–Trinajstić information content (AvgIpc) is 3.25. The van der Waals surface area contributed by atoms with Crippen LogP contribution in [-0.4, -0.2) is 15.1 Å². The summed E-state index contributed by atoms with van der Waals surface area (Å²) in [6.45, 7) is 0. The van der Waals surface area contributed by atoms with Crippen molar-refractivity contribution >= 4 is 38.1 Å². The number of rotatable bonds is 2. The third kappa shape index (κ3) is 2.33. The molecule has 126 valence electrons. The van der Waals surface area contributed by atoms with E-state index >= 15 is 0 Å². The number of phenols is 1. The minimum Gasteiger partial charge on any atom is -0.507 e. The Balaban J connectivity index is 1.69. The van der Waals surface area contributed by atoms with Gasteiger partial charge in [0.05, 0.1) is 11.7 Å². The molecule has 5 rings (SSSR count). The maximum atomic E-state index is 10.4. The second-order valence-electron chi connectivity index (χ2n) is 6.24. The molecule has 0 radical (unpaired) electrons. The molecule has 0 aliphatic carbocycles. The maximum Gasteiger partial charge on any atom is 0.124 e. The van der Waals surface area contributed by atoms with Crippen LogP contribution in [0.4, 0.5) is 5.82 Å². The molecule has 0 saturated carbocycles. The van der Waals surface area contributed by atoms with Crippen molar-refractivity contribution in [3.8, 4) is 27.3 Å². The summed E-state index contributed by atoms with van der Waals surface area (Å²) in [5.74, 6) is 0.767. The van der Waals surface area contributed by atoms with E-state index in [2.05, 4.69) is 28.2 Å². The first-order chi connectivity index (χ1) is 12.7. The number of phenolic OH excluding ortho intramolecular Hbond substituents is 1. The van der Waals surface area contributed by atoms with Crippen molar-refractivity contribution in [2.24, 2.45) is 0 Å². The van der Waals surface area contributed by atoms with Crippen LogP contribution in [0.15, 0.2) is 67.0 Å². The van der Waals surface area contributed by atoms with Crippen LogP contribution in [0.3, 0.4) is 0 Å². The van der Waals surface area contributed by atoms with Crippen molar-refractivity contribution in [1.29, 1.82) is 0 Å². The molecular weight excluding hydrogens is 342 g/mol. The molecule has 0 saturated heterocycles. The van der Waals surface area contributed by atoms with Gasteiger partial charge in [-0.25, -0.2) is 4.98 Å². The zero-order valence-corrected chi connectivity index (χ0v) is 14.5. The summed E-state index contributed by atoms with van der Waals surface area (Å²) in [5, 5.41) is 12.6. The molecule has 0 aliphatic rings. The van der Waals surface area contributed by atoms with Crippen LogP contribution in [0.2, 0.25) is 0 Å². The predicted molar refractivity (Wildman–Crippen MR) is 108 cm³/mol. The zero-order valence-electron chi connectivity index (χ0n) is 13.7. The number of aromatic nitrogens is 2. The van der Waals surface area contributed by atoms with Gasteiger partial charge in [0.1, 0.15) is 11.6 Å². The largest absolute Gasteiger partial charge is 0.507 e. The molecule has 2 aromatic carbocycles. The lowest BCUT2D eigenvalue weighted by Crippen LogP contribution is -1.88. The first-order valence-corrected chi connectivity index (χ1v) is 9.05. The van der Waals surface area contributed by atoms with E-state index in [0.717, 1.165) is 32.5 Å². The highest BCUT2D eigenvalue weighted by molar-refractivity contribution is 7.22. The Morgan fingerprint density at radius 1 is 1.00 bits per heavy atom. The van der Waals surface area contributed by atoms with Gasteiger partial charge in [-0.3, -0.25) is 0 Å². The Hall–Kier alpha value is -3.31. The molecule has 0 fully saturated rings. The van der Waals surface area contributed by atoms with Gasteiger partial charge in [-0.05, 0) is 41.3 Å². The minimum absolute atomic E-state index is 0.279. The molecule has 0 amide bonds. The van der Waals surface area contributed by atoms with Gasteiger partial charge in [0.15, 0.2) is 0 Å². The number of hydrogen-bond acceptors (Lipinski definition) is 4. The number of benzene rings is 2. The van der Waals surface area contributed by atoms with Crippen LogP contribution in [0.1, 0.15) is 0 Å². The van der Waals surface area contributed by atoms with E-state index in [1.165, 1.54) is 10.1 Å². The first kappa shape index (κ1) is 15.0. The van der Waals surface area contributed by atoms with Crippen LogP contribution in [0.25, 0.3) is 42.6 Å². The number of anilines is 1. The van der Waals surface area contributed by atoms with Crippen molar-refractivity contribution in [3.63, 3.8) is 0 Å². The number of pyridine rings is 1. The summed E-state index contributed by atoms with van der Waals surface area (Å²) in [7, 11) is 0. The van der Waals surface area contributed by atoms with Gasteiger partial charge in [-0.2, -0.15) is 0 Å². The lowest BCUT2D eigenvalue weighted by atomic mass is 10.0. The summed E-state index contributed by atoms with van der Waals surface area (Å²) in [6, 6.07) is 17.9. The van der Waals surface area contributed by atoms with Gasteiger partial charge in [0, 0.05) is 32.3 Å². The van der Waals surface area contributed by atoms with Crippen molar-refractivity contribution in [2.75, 3.05) is 5.73 Å². The number of aromatic hydroxyl groups is 1. The van der Waals surface area contributed by atoms with E-state index in [4.69, 9.17) is 5.73 Å². The van der Waals surface area contributed by atoms with E-state index in [-0.39, 0.29) is 5.75 Å². The Morgan fingerprint density at radius 2 is 1.88 bits per heavy atom. The molecule has 26 heavy (non-hydrogen) atoms. The average molecular weight is 357 g/mol. The molecule has 3 aromatic heterocycles. The van der Waals surface area contributed by atoms with E-state index in [1.54, 1.807) is 23.6 Å². The molecule has 0 atom stereocenters. The van der Waals surface area contributed by atoms with Gasteiger partial charge in [0.2, 0.25) is 0 Å². The number of fused-ring (bicyclic) bond motifs is 2. The van der Waals surface area contributed by atoms with Gasteiger partial charge >= 0.3 is 0 Å². The van der Waals surface area contributed by atoms with E-state index in [0.29, 0.717) is 5.82 Å². The number of H-pyrrole nitrogens is 1. The molecule has 0 aliphatic heterocycles. The van der Waals surface area contributed by atoms with Gasteiger partial charge in [-0.1, -0.05) is 24.3 Å². The highest BCUT2D eigenvalue weighted by atomic mass is 32.1. The molecule has 4 nitrogen and oxygen atoms in total. The molecule has 0 bridgehead atoms. The standard InChI is InChI=1S/C21H15N3OS/c22-21-9-14-16(10-23-17(14)11-24-21)12-5-6-18(25)15(7-12)20-8-13-3-1-2-4-19(13)26-20/h1-11,23,25H,(H2,22,24). The van der Waals surface area contributed by atoms with Crippen LogP contribution in [0, 0.1) is 0 Å². The molecule has 0 spiro atoms. The van der Waals surface area contributed by atoms with E-state index in [9.17, 15) is 5.11 Å². The Morgan fingerprint density at radius 3 is 2.77 bits per heavy atom. The topological polar surface area (TPSA) is 74.9 Å². The summed E-state index contributed by atoms with van der Waals surface area (Å²) in [4.78, 5) is 8.41. The highest BCUT2D eigenvalue weighted by Gasteiger charge is 2.13. The Bertz CT molecular complexity index is 1240. The minimum atomic E-state index is 0.279. The fourth-order valence-electron chi connectivity index (χ4n) is 3.29. The Kier molecular flexibility index (Phi) is 3.23. The highest BCUT2D eigenvalue weighted by Crippen LogP contribution is 2.40. The fourth-order valence-corrected chi connectivity index (χ4v) is 4.38. The molecule has 5 aromatic rings. The summed E-state index contributed by atoms with van der Waals surface area (Å²) in [5.41, 5.74) is 9.68. The van der Waals surface area contributed by atoms with E-state index in [1.807, 2.05) is 36.5 Å². The molecule has 3 heterocycles. The van der Waals surface area contributed by atoms with Gasteiger partial charge in [0.25, 0.3) is 0 Å². The molecule has 0 unspecified atom stereocenters. The summed E-state index contributed by atoms with van der Waals surface area (Å²) >= 11 is 1.68. The smallest absolute Gasteiger partial charge is 0.124 e. The zero-order chi connectivity index (χ0) is 17.7. The van der Waals surface area contributed by atoms with E-state index < -0.39 is 0 Å². The number of nitrogen functional groups attached to an aromatic ring is 1. The number of aromatic amines is 1. The molecule has 4 N–H and O–H groups in total. The fraction of sp³-hybridized carbons (Fsp3) is 0. The number of nitrogens with one attached hydrogen (secondary N) is 1. The van der Waals surface area contributed by atoms with Crippen molar-refractivity contribution in [3.05, 3.63) is 67.0 Å². The first-order valence-electron chi connectivity index (χ1n) is 8.24. The third-order valence-electron chi connectivity index (χ3n) is 4.59.